The molecule has 1 aliphatic heterocycles. The van der Waals surface area contributed by atoms with Crippen molar-refractivity contribution in [2.24, 2.45) is 0 Å². The normalized spacial score (nSPS) is 29.6. The number of nitrogens with zero attached hydrogens (tertiary/aromatic N) is 1. The predicted octanol–water partition coefficient (Wildman–Crippen LogP) is 1.87. The lowest BCUT2D eigenvalue weighted by atomic mass is 10.1. The van der Waals surface area contributed by atoms with Crippen LogP contribution in [-0.4, -0.2) is 48.8 Å². The summed E-state index contributed by atoms with van der Waals surface area (Å²) in [5.74, 6) is 0. The van der Waals surface area contributed by atoms with Crippen LogP contribution >= 0.6 is 0 Å². The molecule has 0 spiro atoms. The van der Waals surface area contributed by atoms with Crippen LogP contribution in [0.5, 0.6) is 0 Å². The van der Waals surface area contributed by atoms with E-state index in [0.29, 0.717) is 24.3 Å². The van der Waals surface area contributed by atoms with E-state index in [1.807, 2.05) is 0 Å². The van der Waals surface area contributed by atoms with Gasteiger partial charge < -0.3 is 10.1 Å². The summed E-state index contributed by atoms with van der Waals surface area (Å²) in [6, 6.07) is 1.22. The van der Waals surface area contributed by atoms with E-state index in [2.05, 4.69) is 44.8 Å². The molecule has 3 heteroatoms. The van der Waals surface area contributed by atoms with E-state index in [1.165, 1.54) is 6.42 Å². The Labute approximate surface area is 101 Å². The molecule has 3 unspecified atom stereocenters. The van der Waals surface area contributed by atoms with Gasteiger partial charge in [-0.1, -0.05) is 20.8 Å². The molecule has 1 fully saturated rings. The van der Waals surface area contributed by atoms with Crippen LogP contribution in [0.3, 0.4) is 0 Å². The number of morpholine rings is 1. The maximum atomic E-state index is 5.77. The summed E-state index contributed by atoms with van der Waals surface area (Å²) in [7, 11) is 0. The van der Waals surface area contributed by atoms with E-state index in [-0.39, 0.29) is 0 Å². The third-order valence-electron chi connectivity index (χ3n) is 3.20. The molecule has 0 radical (unpaired) electrons. The van der Waals surface area contributed by atoms with Gasteiger partial charge in [-0.3, -0.25) is 4.90 Å². The summed E-state index contributed by atoms with van der Waals surface area (Å²) in [6.07, 6.45) is 1.95. The lowest BCUT2D eigenvalue weighted by molar-refractivity contribution is -0.0805. The second-order valence-corrected chi connectivity index (χ2v) is 5.34. The Morgan fingerprint density at radius 2 is 1.81 bits per heavy atom. The van der Waals surface area contributed by atoms with E-state index in [0.717, 1.165) is 19.6 Å². The third-order valence-corrected chi connectivity index (χ3v) is 3.20. The van der Waals surface area contributed by atoms with Gasteiger partial charge in [-0.2, -0.15) is 0 Å². The van der Waals surface area contributed by atoms with Gasteiger partial charge in [0.15, 0.2) is 0 Å². The highest BCUT2D eigenvalue weighted by atomic mass is 16.5. The van der Waals surface area contributed by atoms with Crippen molar-refractivity contribution in [1.29, 1.82) is 0 Å². The largest absolute Gasteiger partial charge is 0.373 e. The molecule has 0 aromatic heterocycles. The number of nitrogens with one attached hydrogen (secondary N) is 1. The number of hydrogen-bond acceptors (Lipinski definition) is 3. The SMILES string of the molecule is CCC(CNC(C)C)N1CC(C)OC(C)C1. The molecule has 0 aromatic carbocycles. The van der Waals surface area contributed by atoms with Crippen molar-refractivity contribution >= 4 is 0 Å². The molecule has 0 aliphatic carbocycles. The maximum Gasteiger partial charge on any atom is 0.0678 e. The first kappa shape index (κ1) is 13.9. The van der Waals surface area contributed by atoms with Crippen LogP contribution in [0.2, 0.25) is 0 Å². The molecular weight excluding hydrogens is 200 g/mol. The second kappa shape index (κ2) is 6.58. The molecule has 1 heterocycles. The molecule has 1 N–H and O–H groups in total. The zero-order valence-electron chi connectivity index (χ0n) is 11.5. The van der Waals surface area contributed by atoms with Crippen LogP contribution in [0.15, 0.2) is 0 Å². The molecule has 3 atom stereocenters. The van der Waals surface area contributed by atoms with Gasteiger partial charge in [-0.05, 0) is 20.3 Å². The summed E-state index contributed by atoms with van der Waals surface area (Å²) in [5, 5.41) is 3.54. The summed E-state index contributed by atoms with van der Waals surface area (Å²) in [4.78, 5) is 2.58. The lowest BCUT2D eigenvalue weighted by Gasteiger charge is -2.40. The highest BCUT2D eigenvalue weighted by molar-refractivity contribution is 4.80. The summed E-state index contributed by atoms with van der Waals surface area (Å²) in [5.41, 5.74) is 0. The van der Waals surface area contributed by atoms with Crippen molar-refractivity contribution in [3.63, 3.8) is 0 Å². The van der Waals surface area contributed by atoms with Crippen LogP contribution in [0.25, 0.3) is 0 Å². The van der Waals surface area contributed by atoms with Gasteiger partial charge in [0, 0.05) is 31.7 Å². The van der Waals surface area contributed by atoms with Gasteiger partial charge in [-0.15, -0.1) is 0 Å². The standard InChI is InChI=1S/C13H28N2O/c1-6-13(7-14-10(2)3)15-8-11(4)16-12(5)9-15/h10-14H,6-9H2,1-5H3. The molecule has 0 aromatic rings. The van der Waals surface area contributed by atoms with Crippen LogP contribution in [0, 0.1) is 0 Å². The lowest BCUT2D eigenvalue weighted by Crippen LogP contribution is -2.53. The number of rotatable bonds is 5. The molecule has 1 saturated heterocycles. The topological polar surface area (TPSA) is 24.5 Å². The van der Waals surface area contributed by atoms with Gasteiger partial charge in [0.25, 0.3) is 0 Å². The van der Waals surface area contributed by atoms with Crippen LogP contribution in [-0.2, 0) is 4.74 Å². The van der Waals surface area contributed by atoms with Crippen molar-refractivity contribution in [2.45, 2.75) is 65.3 Å². The van der Waals surface area contributed by atoms with Crippen molar-refractivity contribution in [3.8, 4) is 0 Å². The zero-order chi connectivity index (χ0) is 12.1. The first-order valence-electron chi connectivity index (χ1n) is 6.65. The average Bonchev–Trinajstić information content (AvgIpc) is 2.16. The van der Waals surface area contributed by atoms with Crippen molar-refractivity contribution in [1.82, 2.24) is 10.2 Å². The van der Waals surface area contributed by atoms with E-state index in [9.17, 15) is 0 Å². The molecular formula is C13H28N2O. The van der Waals surface area contributed by atoms with Gasteiger partial charge in [-0.25, -0.2) is 0 Å². The Morgan fingerprint density at radius 1 is 1.25 bits per heavy atom. The monoisotopic (exact) mass is 228 g/mol. The highest BCUT2D eigenvalue weighted by Crippen LogP contribution is 2.15. The smallest absolute Gasteiger partial charge is 0.0678 e. The van der Waals surface area contributed by atoms with Crippen molar-refractivity contribution < 1.29 is 4.74 Å². The molecule has 0 bridgehead atoms. The fraction of sp³-hybridized carbons (Fsp3) is 1.00. The van der Waals surface area contributed by atoms with Crippen LogP contribution in [0.1, 0.15) is 41.0 Å². The van der Waals surface area contributed by atoms with Crippen LogP contribution in [0.4, 0.5) is 0 Å². The fourth-order valence-electron chi connectivity index (χ4n) is 2.42. The first-order chi connectivity index (χ1) is 7.52. The highest BCUT2D eigenvalue weighted by Gasteiger charge is 2.26. The average molecular weight is 228 g/mol. The first-order valence-corrected chi connectivity index (χ1v) is 6.65. The van der Waals surface area contributed by atoms with Gasteiger partial charge >= 0.3 is 0 Å². The Balaban J connectivity index is 2.44. The minimum atomic E-state index is 0.372. The maximum absolute atomic E-state index is 5.77. The molecule has 1 aliphatic rings. The summed E-state index contributed by atoms with van der Waals surface area (Å²) in [6.45, 7) is 14.3. The predicted molar refractivity (Wildman–Crippen MR) is 68.8 cm³/mol. The minimum Gasteiger partial charge on any atom is -0.373 e. The molecule has 16 heavy (non-hydrogen) atoms. The molecule has 96 valence electrons. The van der Waals surface area contributed by atoms with Crippen LogP contribution < -0.4 is 5.32 Å². The van der Waals surface area contributed by atoms with E-state index < -0.39 is 0 Å². The van der Waals surface area contributed by atoms with E-state index in [1.54, 1.807) is 0 Å². The Kier molecular flexibility index (Phi) is 5.73. The Hall–Kier alpha value is -0.120. The number of ether oxygens (including phenoxy) is 1. The molecule has 1 rings (SSSR count). The van der Waals surface area contributed by atoms with E-state index in [4.69, 9.17) is 4.74 Å². The zero-order valence-corrected chi connectivity index (χ0v) is 11.5. The van der Waals surface area contributed by atoms with E-state index >= 15 is 0 Å². The molecule has 0 amide bonds. The third kappa shape index (κ3) is 4.40. The Bertz CT molecular complexity index is 186. The van der Waals surface area contributed by atoms with Crippen molar-refractivity contribution in [3.05, 3.63) is 0 Å². The quantitative estimate of drug-likeness (QED) is 0.777. The second-order valence-electron chi connectivity index (χ2n) is 5.34. The molecule has 0 saturated carbocycles. The summed E-state index contributed by atoms with van der Waals surface area (Å²) >= 11 is 0. The fourth-order valence-corrected chi connectivity index (χ4v) is 2.42. The van der Waals surface area contributed by atoms with Crippen molar-refractivity contribution in [2.75, 3.05) is 19.6 Å². The number of hydrogen-bond donors (Lipinski definition) is 1. The minimum absolute atomic E-state index is 0.372. The Morgan fingerprint density at radius 3 is 2.25 bits per heavy atom. The van der Waals surface area contributed by atoms with Gasteiger partial charge in [0.2, 0.25) is 0 Å². The van der Waals surface area contributed by atoms with Gasteiger partial charge in [0.1, 0.15) is 0 Å². The van der Waals surface area contributed by atoms with Gasteiger partial charge in [0.05, 0.1) is 12.2 Å². The molecule has 3 nitrogen and oxygen atoms in total. The summed E-state index contributed by atoms with van der Waals surface area (Å²) < 4.78 is 5.77.